The van der Waals surface area contributed by atoms with Crippen molar-refractivity contribution in [2.24, 2.45) is 5.73 Å². The molecule has 0 aliphatic rings. The lowest BCUT2D eigenvalue weighted by Crippen LogP contribution is -2.46. The number of carbonyl (C=O) groups is 1. The lowest BCUT2D eigenvalue weighted by molar-refractivity contribution is -0.142. The van der Waals surface area contributed by atoms with Crippen LogP contribution in [0, 0.1) is 4.78 Å². The van der Waals surface area contributed by atoms with Crippen molar-refractivity contribution in [2.75, 3.05) is 11.5 Å². The highest BCUT2D eigenvalue weighted by Gasteiger charge is 2.28. The van der Waals surface area contributed by atoms with E-state index >= 15 is 0 Å². The average molecular weight is 222 g/mol. The summed E-state index contributed by atoms with van der Waals surface area (Å²) in [5.74, 6) is -0.757. The van der Waals surface area contributed by atoms with Crippen molar-refractivity contribution in [2.45, 2.75) is 32.2 Å². The third-order valence-corrected chi connectivity index (χ3v) is 3.90. The first kappa shape index (κ1) is 13.4. The second kappa shape index (κ2) is 4.75. The van der Waals surface area contributed by atoms with Crippen LogP contribution in [0.4, 0.5) is 0 Å². The SMILES string of the molecule is CCCS(=N)(=O)CCC(C)(N)C(=O)O. The molecule has 0 spiro atoms. The number of rotatable bonds is 6. The van der Waals surface area contributed by atoms with E-state index in [1.165, 1.54) is 6.92 Å². The first-order chi connectivity index (χ1) is 6.21. The number of carboxylic acids is 1. The molecule has 0 aliphatic heterocycles. The summed E-state index contributed by atoms with van der Waals surface area (Å²) in [5.41, 5.74) is 4.08. The van der Waals surface area contributed by atoms with Gasteiger partial charge in [-0.15, -0.1) is 0 Å². The largest absolute Gasteiger partial charge is 0.480 e. The van der Waals surface area contributed by atoms with E-state index in [0.717, 1.165) is 0 Å². The molecule has 14 heavy (non-hydrogen) atoms. The zero-order chi connectivity index (χ0) is 11.4. The Morgan fingerprint density at radius 3 is 2.43 bits per heavy atom. The number of nitrogens with one attached hydrogen (secondary N) is 1. The highest BCUT2D eigenvalue weighted by atomic mass is 32.2. The molecule has 0 saturated heterocycles. The van der Waals surface area contributed by atoms with E-state index in [-0.39, 0.29) is 12.2 Å². The molecule has 6 heteroatoms. The fourth-order valence-electron chi connectivity index (χ4n) is 0.916. The van der Waals surface area contributed by atoms with Gasteiger partial charge >= 0.3 is 5.97 Å². The summed E-state index contributed by atoms with van der Waals surface area (Å²) in [4.78, 5) is 10.6. The molecule has 0 radical (unpaired) electrons. The van der Waals surface area contributed by atoms with Gasteiger partial charge in [-0.1, -0.05) is 6.92 Å². The van der Waals surface area contributed by atoms with Crippen molar-refractivity contribution >= 4 is 15.7 Å². The van der Waals surface area contributed by atoms with Gasteiger partial charge in [0.05, 0.1) is 0 Å². The monoisotopic (exact) mass is 222 g/mol. The van der Waals surface area contributed by atoms with Gasteiger partial charge in [-0.05, 0) is 19.8 Å². The quantitative estimate of drug-likeness (QED) is 0.613. The standard InChI is InChI=1S/C8H18N2O3S/c1-3-5-14(10,13)6-4-8(2,9)7(11)12/h10H,3-6,9H2,1-2H3,(H,11,12). The minimum absolute atomic E-state index is 0.0557. The van der Waals surface area contributed by atoms with Crippen LogP contribution in [0.2, 0.25) is 0 Å². The molecule has 0 aromatic rings. The van der Waals surface area contributed by atoms with Gasteiger partial charge < -0.3 is 10.8 Å². The molecule has 0 rings (SSSR count). The summed E-state index contributed by atoms with van der Waals surface area (Å²) in [7, 11) is -2.64. The van der Waals surface area contributed by atoms with Crippen molar-refractivity contribution < 1.29 is 14.1 Å². The van der Waals surface area contributed by atoms with Crippen molar-refractivity contribution in [3.8, 4) is 0 Å². The van der Waals surface area contributed by atoms with Crippen molar-refractivity contribution in [3.05, 3.63) is 0 Å². The minimum atomic E-state index is -2.64. The molecule has 5 nitrogen and oxygen atoms in total. The summed E-state index contributed by atoms with van der Waals surface area (Å²) in [6.07, 6.45) is 0.737. The summed E-state index contributed by atoms with van der Waals surface area (Å²) in [5, 5.41) is 8.69. The topological polar surface area (TPSA) is 104 Å². The number of aliphatic carboxylic acids is 1. The molecule has 0 fully saturated rings. The highest BCUT2D eigenvalue weighted by molar-refractivity contribution is 7.92. The van der Waals surface area contributed by atoms with Crippen LogP contribution < -0.4 is 5.73 Å². The van der Waals surface area contributed by atoms with E-state index in [1.54, 1.807) is 0 Å². The van der Waals surface area contributed by atoms with E-state index in [2.05, 4.69) is 0 Å². The van der Waals surface area contributed by atoms with Crippen molar-refractivity contribution in [1.29, 1.82) is 4.78 Å². The molecule has 2 unspecified atom stereocenters. The third kappa shape index (κ3) is 4.57. The van der Waals surface area contributed by atoms with Gasteiger partial charge in [0, 0.05) is 21.2 Å². The maximum atomic E-state index is 11.5. The van der Waals surface area contributed by atoms with E-state index in [9.17, 15) is 9.00 Å². The van der Waals surface area contributed by atoms with E-state index in [1.807, 2.05) is 6.92 Å². The van der Waals surface area contributed by atoms with E-state index in [4.69, 9.17) is 15.6 Å². The summed E-state index contributed by atoms with van der Waals surface area (Å²) >= 11 is 0. The first-order valence-electron chi connectivity index (χ1n) is 4.48. The number of carboxylic acid groups (broad SMARTS) is 1. The second-order valence-corrected chi connectivity index (χ2v) is 6.13. The Labute approximate surface area is 84.7 Å². The maximum absolute atomic E-state index is 11.5. The first-order valence-corrected chi connectivity index (χ1v) is 6.37. The molecular formula is C8H18N2O3S. The maximum Gasteiger partial charge on any atom is 0.323 e. The zero-order valence-electron chi connectivity index (χ0n) is 8.58. The lowest BCUT2D eigenvalue weighted by atomic mass is 10.0. The molecule has 2 atom stereocenters. The van der Waals surface area contributed by atoms with Gasteiger partial charge in [0.15, 0.2) is 0 Å². The zero-order valence-corrected chi connectivity index (χ0v) is 9.39. The van der Waals surface area contributed by atoms with Crippen molar-refractivity contribution in [1.82, 2.24) is 0 Å². The summed E-state index contributed by atoms with van der Waals surface area (Å²) < 4.78 is 18.9. The normalized spacial score (nSPS) is 19.6. The van der Waals surface area contributed by atoms with Crippen molar-refractivity contribution in [3.63, 3.8) is 0 Å². The molecule has 0 aromatic carbocycles. The Kier molecular flexibility index (Phi) is 4.54. The Bertz CT molecular complexity index is 296. The molecule has 0 saturated carbocycles. The molecule has 4 N–H and O–H groups in total. The Hall–Kier alpha value is -0.620. The molecule has 0 aliphatic carbocycles. The third-order valence-electron chi connectivity index (χ3n) is 1.97. The molecule has 0 bridgehead atoms. The molecular weight excluding hydrogens is 204 g/mol. The van der Waals surface area contributed by atoms with Crippen LogP contribution in [0.5, 0.6) is 0 Å². The Morgan fingerprint density at radius 1 is 1.57 bits per heavy atom. The summed E-state index contributed by atoms with van der Waals surface area (Å²) in [6, 6.07) is 0. The molecule has 0 heterocycles. The van der Waals surface area contributed by atoms with Gasteiger partial charge in [0.2, 0.25) is 0 Å². The fraction of sp³-hybridized carbons (Fsp3) is 0.875. The number of hydrogen-bond donors (Lipinski definition) is 3. The predicted octanol–water partition coefficient (Wildman–Crippen LogP) is 0.635. The van der Waals surface area contributed by atoms with Crippen LogP contribution in [0.15, 0.2) is 0 Å². The van der Waals surface area contributed by atoms with Gasteiger partial charge in [0.25, 0.3) is 0 Å². The minimum Gasteiger partial charge on any atom is -0.480 e. The number of hydrogen-bond acceptors (Lipinski definition) is 4. The van der Waals surface area contributed by atoms with Crippen LogP contribution in [-0.4, -0.2) is 32.3 Å². The van der Waals surface area contributed by atoms with Crippen LogP contribution in [0.1, 0.15) is 26.7 Å². The van der Waals surface area contributed by atoms with Crippen LogP contribution >= 0.6 is 0 Å². The van der Waals surface area contributed by atoms with Crippen LogP contribution in [-0.2, 0) is 14.5 Å². The number of nitrogens with two attached hydrogens (primary N) is 1. The van der Waals surface area contributed by atoms with E-state index < -0.39 is 21.2 Å². The molecule has 0 aromatic heterocycles. The summed E-state index contributed by atoms with van der Waals surface area (Å²) in [6.45, 7) is 3.21. The predicted molar refractivity (Wildman–Crippen MR) is 55.7 cm³/mol. The fourth-order valence-corrected chi connectivity index (χ4v) is 2.53. The second-order valence-electron chi connectivity index (χ2n) is 3.69. The van der Waals surface area contributed by atoms with E-state index in [0.29, 0.717) is 12.2 Å². The van der Waals surface area contributed by atoms with Gasteiger partial charge in [-0.3, -0.25) is 9.57 Å². The van der Waals surface area contributed by atoms with Gasteiger partial charge in [-0.2, -0.15) is 0 Å². The highest BCUT2D eigenvalue weighted by Crippen LogP contribution is 2.09. The Balaban J connectivity index is 4.26. The molecule has 84 valence electrons. The molecule has 0 amide bonds. The van der Waals surface area contributed by atoms with Crippen LogP contribution in [0.25, 0.3) is 0 Å². The average Bonchev–Trinajstić information content (AvgIpc) is 2.01. The smallest absolute Gasteiger partial charge is 0.323 e. The van der Waals surface area contributed by atoms with Gasteiger partial charge in [0.1, 0.15) is 5.54 Å². The lowest BCUT2D eigenvalue weighted by Gasteiger charge is -2.19. The Morgan fingerprint density at radius 2 is 2.07 bits per heavy atom. The van der Waals surface area contributed by atoms with Gasteiger partial charge in [-0.25, -0.2) is 4.21 Å². The van der Waals surface area contributed by atoms with Crippen LogP contribution in [0.3, 0.4) is 0 Å².